The number of amides is 1. The standard InChI is InChI=1S/C12H19N5O/c18-12(16-5-1-2-6-16)9-17-8-11(14-15-17)7-13-10-3-4-10/h8,10,13H,1-7,9H2. The molecule has 0 aromatic carbocycles. The van der Waals surface area contributed by atoms with E-state index in [0.29, 0.717) is 12.6 Å². The molecule has 3 rings (SSSR count). The molecule has 1 saturated carbocycles. The maximum Gasteiger partial charge on any atom is 0.244 e. The first-order valence-corrected chi connectivity index (χ1v) is 6.71. The summed E-state index contributed by atoms with van der Waals surface area (Å²) in [5.41, 5.74) is 0.913. The number of nitrogens with zero attached hydrogens (tertiary/aromatic N) is 4. The molecule has 0 bridgehead atoms. The van der Waals surface area contributed by atoms with Crippen molar-refractivity contribution in [1.82, 2.24) is 25.2 Å². The summed E-state index contributed by atoms with van der Waals surface area (Å²) >= 11 is 0. The first kappa shape index (κ1) is 11.6. The molecule has 6 heteroatoms. The summed E-state index contributed by atoms with van der Waals surface area (Å²) in [5, 5.41) is 11.5. The Labute approximate surface area is 106 Å². The van der Waals surface area contributed by atoms with E-state index in [0.717, 1.165) is 38.2 Å². The fourth-order valence-corrected chi connectivity index (χ4v) is 2.24. The van der Waals surface area contributed by atoms with E-state index in [1.54, 1.807) is 4.68 Å². The summed E-state index contributed by atoms with van der Waals surface area (Å²) in [7, 11) is 0. The second kappa shape index (κ2) is 5.06. The fourth-order valence-electron chi connectivity index (χ4n) is 2.24. The van der Waals surface area contributed by atoms with Crippen LogP contribution < -0.4 is 5.32 Å². The number of carbonyl (C=O) groups excluding carboxylic acids is 1. The van der Waals surface area contributed by atoms with Gasteiger partial charge in [-0.3, -0.25) is 4.79 Å². The first-order valence-electron chi connectivity index (χ1n) is 6.71. The van der Waals surface area contributed by atoms with Crippen molar-refractivity contribution in [2.75, 3.05) is 13.1 Å². The van der Waals surface area contributed by atoms with Crippen LogP contribution in [0, 0.1) is 0 Å². The molecule has 1 saturated heterocycles. The van der Waals surface area contributed by atoms with E-state index in [1.807, 2.05) is 11.1 Å². The van der Waals surface area contributed by atoms with Crippen molar-refractivity contribution in [3.8, 4) is 0 Å². The molecule has 2 aliphatic rings. The Balaban J connectivity index is 1.50. The molecule has 1 N–H and O–H groups in total. The maximum atomic E-state index is 11.9. The van der Waals surface area contributed by atoms with Crippen molar-refractivity contribution in [1.29, 1.82) is 0 Å². The molecular weight excluding hydrogens is 230 g/mol. The molecule has 2 heterocycles. The van der Waals surface area contributed by atoms with Crippen LogP contribution in [0.2, 0.25) is 0 Å². The van der Waals surface area contributed by atoms with Gasteiger partial charge in [-0.25, -0.2) is 4.68 Å². The largest absolute Gasteiger partial charge is 0.341 e. The summed E-state index contributed by atoms with van der Waals surface area (Å²) in [6.45, 7) is 2.85. The van der Waals surface area contributed by atoms with Crippen LogP contribution in [0.25, 0.3) is 0 Å². The maximum absolute atomic E-state index is 11.9. The van der Waals surface area contributed by atoms with Crippen LogP contribution in [0.3, 0.4) is 0 Å². The van der Waals surface area contributed by atoms with Crippen LogP contribution in [0.1, 0.15) is 31.4 Å². The Morgan fingerprint density at radius 2 is 2.17 bits per heavy atom. The van der Waals surface area contributed by atoms with Crippen molar-refractivity contribution >= 4 is 5.91 Å². The van der Waals surface area contributed by atoms with Gasteiger partial charge in [-0.1, -0.05) is 5.21 Å². The van der Waals surface area contributed by atoms with E-state index < -0.39 is 0 Å². The molecule has 6 nitrogen and oxygen atoms in total. The van der Waals surface area contributed by atoms with Crippen molar-refractivity contribution in [2.24, 2.45) is 0 Å². The van der Waals surface area contributed by atoms with Gasteiger partial charge in [0.25, 0.3) is 0 Å². The van der Waals surface area contributed by atoms with Crippen molar-refractivity contribution in [3.63, 3.8) is 0 Å². The zero-order chi connectivity index (χ0) is 12.4. The minimum absolute atomic E-state index is 0.152. The average Bonchev–Trinajstić information content (AvgIpc) is 2.88. The minimum Gasteiger partial charge on any atom is -0.341 e. The molecule has 98 valence electrons. The number of carbonyl (C=O) groups is 1. The lowest BCUT2D eigenvalue weighted by molar-refractivity contribution is -0.130. The van der Waals surface area contributed by atoms with E-state index in [4.69, 9.17) is 0 Å². The van der Waals surface area contributed by atoms with Crippen LogP contribution in [-0.4, -0.2) is 44.9 Å². The Morgan fingerprint density at radius 3 is 2.89 bits per heavy atom. The van der Waals surface area contributed by atoms with Crippen molar-refractivity contribution in [3.05, 3.63) is 11.9 Å². The van der Waals surface area contributed by atoms with E-state index in [-0.39, 0.29) is 5.91 Å². The highest BCUT2D eigenvalue weighted by Crippen LogP contribution is 2.18. The predicted molar refractivity (Wildman–Crippen MR) is 65.7 cm³/mol. The lowest BCUT2D eigenvalue weighted by atomic mass is 10.4. The van der Waals surface area contributed by atoms with Gasteiger partial charge in [0.05, 0.1) is 11.9 Å². The van der Waals surface area contributed by atoms with Crippen LogP contribution >= 0.6 is 0 Å². The van der Waals surface area contributed by atoms with Gasteiger partial charge in [0.1, 0.15) is 6.54 Å². The lowest BCUT2D eigenvalue weighted by Gasteiger charge is -2.14. The molecule has 0 atom stereocenters. The lowest BCUT2D eigenvalue weighted by Crippen LogP contribution is -2.31. The number of rotatable bonds is 5. The average molecular weight is 249 g/mol. The van der Waals surface area contributed by atoms with Gasteiger partial charge in [-0.05, 0) is 25.7 Å². The van der Waals surface area contributed by atoms with Crippen LogP contribution in [-0.2, 0) is 17.9 Å². The quantitative estimate of drug-likeness (QED) is 0.807. The topological polar surface area (TPSA) is 63.1 Å². The highest BCUT2D eigenvalue weighted by molar-refractivity contribution is 5.76. The molecule has 0 unspecified atom stereocenters. The first-order chi connectivity index (χ1) is 8.81. The summed E-state index contributed by atoms with van der Waals surface area (Å²) in [5.74, 6) is 0.152. The SMILES string of the molecule is O=C(Cn1cc(CNC2CC2)nn1)N1CCCC1. The number of aromatic nitrogens is 3. The molecule has 1 aromatic rings. The number of hydrogen-bond acceptors (Lipinski definition) is 4. The normalized spacial score (nSPS) is 19.4. The highest BCUT2D eigenvalue weighted by atomic mass is 16.2. The molecule has 18 heavy (non-hydrogen) atoms. The molecular formula is C12H19N5O. The summed E-state index contributed by atoms with van der Waals surface area (Å²) in [6, 6.07) is 0.668. The van der Waals surface area contributed by atoms with Crippen LogP contribution in [0.4, 0.5) is 0 Å². The molecule has 1 aliphatic carbocycles. The van der Waals surface area contributed by atoms with Crippen LogP contribution in [0.15, 0.2) is 6.20 Å². The van der Waals surface area contributed by atoms with E-state index in [9.17, 15) is 4.79 Å². The van der Waals surface area contributed by atoms with Crippen molar-refractivity contribution < 1.29 is 4.79 Å². The Bertz CT molecular complexity index is 420. The fraction of sp³-hybridized carbons (Fsp3) is 0.750. The van der Waals surface area contributed by atoms with E-state index in [2.05, 4.69) is 15.6 Å². The second-order valence-corrected chi connectivity index (χ2v) is 5.15. The summed E-state index contributed by atoms with van der Waals surface area (Å²) in [6.07, 6.45) is 6.64. The third kappa shape index (κ3) is 2.87. The third-order valence-electron chi connectivity index (χ3n) is 3.49. The Hall–Kier alpha value is -1.43. The monoisotopic (exact) mass is 249 g/mol. The zero-order valence-electron chi connectivity index (χ0n) is 10.5. The molecule has 1 amide bonds. The molecule has 1 aliphatic heterocycles. The smallest absolute Gasteiger partial charge is 0.244 e. The van der Waals surface area contributed by atoms with Gasteiger partial charge in [0.15, 0.2) is 0 Å². The van der Waals surface area contributed by atoms with Gasteiger partial charge < -0.3 is 10.2 Å². The minimum atomic E-state index is 0.152. The van der Waals surface area contributed by atoms with Gasteiger partial charge >= 0.3 is 0 Å². The van der Waals surface area contributed by atoms with E-state index in [1.165, 1.54) is 12.8 Å². The second-order valence-electron chi connectivity index (χ2n) is 5.15. The number of nitrogens with one attached hydrogen (secondary N) is 1. The summed E-state index contributed by atoms with van der Waals surface area (Å²) < 4.78 is 1.64. The number of hydrogen-bond donors (Lipinski definition) is 1. The van der Waals surface area contributed by atoms with Crippen molar-refractivity contribution in [2.45, 2.75) is 44.8 Å². The van der Waals surface area contributed by atoms with Crippen LogP contribution in [0.5, 0.6) is 0 Å². The summed E-state index contributed by atoms with van der Waals surface area (Å²) in [4.78, 5) is 13.8. The predicted octanol–water partition coefficient (Wildman–Crippen LogP) is 0.152. The molecule has 2 fully saturated rings. The molecule has 0 spiro atoms. The van der Waals surface area contributed by atoms with Gasteiger partial charge in [0, 0.05) is 25.7 Å². The number of likely N-dealkylation sites (tertiary alicyclic amines) is 1. The Kier molecular flexibility index (Phi) is 3.27. The Morgan fingerprint density at radius 1 is 1.39 bits per heavy atom. The molecule has 1 aromatic heterocycles. The molecule has 0 radical (unpaired) electrons. The van der Waals surface area contributed by atoms with Gasteiger partial charge in [-0.2, -0.15) is 0 Å². The van der Waals surface area contributed by atoms with E-state index >= 15 is 0 Å². The zero-order valence-corrected chi connectivity index (χ0v) is 10.5. The van der Waals surface area contributed by atoms with Gasteiger partial charge in [0.2, 0.25) is 5.91 Å². The third-order valence-corrected chi connectivity index (χ3v) is 3.49. The highest BCUT2D eigenvalue weighted by Gasteiger charge is 2.21. The van der Waals surface area contributed by atoms with Gasteiger partial charge in [-0.15, -0.1) is 5.10 Å².